The third kappa shape index (κ3) is 5.44. The number of nitrogens with one attached hydrogen (secondary N) is 1. The second kappa shape index (κ2) is 7.69. The third-order valence-corrected chi connectivity index (χ3v) is 2.76. The highest BCUT2D eigenvalue weighted by Crippen LogP contribution is 2.29. The van der Waals surface area contributed by atoms with Crippen molar-refractivity contribution in [1.29, 1.82) is 0 Å². The van der Waals surface area contributed by atoms with E-state index >= 15 is 0 Å². The van der Waals surface area contributed by atoms with Crippen LogP contribution in [0.1, 0.15) is 20.3 Å². The molecule has 1 N–H and O–H groups in total. The Morgan fingerprint density at radius 2 is 2.20 bits per heavy atom. The highest BCUT2D eigenvalue weighted by molar-refractivity contribution is 6.30. The molecule has 0 radical (unpaired) electrons. The zero-order chi connectivity index (χ0) is 15.1. The van der Waals surface area contributed by atoms with Crippen molar-refractivity contribution < 1.29 is 14.5 Å². The second-order valence-corrected chi connectivity index (χ2v) is 5.13. The zero-order valence-corrected chi connectivity index (χ0v) is 12.1. The maximum absolute atomic E-state index is 11.5. The van der Waals surface area contributed by atoms with E-state index in [2.05, 4.69) is 19.2 Å². The minimum Gasteiger partial charge on any atom is -0.477 e. The summed E-state index contributed by atoms with van der Waals surface area (Å²) in [6, 6.07) is 3.96. The number of carbonyl (C=O) groups excluding carboxylic acids is 1. The van der Waals surface area contributed by atoms with Gasteiger partial charge >= 0.3 is 5.69 Å². The topological polar surface area (TPSA) is 81.5 Å². The van der Waals surface area contributed by atoms with Crippen molar-refractivity contribution in [3.8, 4) is 5.75 Å². The van der Waals surface area contributed by atoms with E-state index in [0.29, 0.717) is 17.5 Å². The first-order chi connectivity index (χ1) is 9.40. The number of ether oxygens (including phenoxy) is 1. The molecule has 110 valence electrons. The van der Waals surface area contributed by atoms with Crippen LogP contribution in [0.25, 0.3) is 0 Å². The Morgan fingerprint density at radius 3 is 2.80 bits per heavy atom. The van der Waals surface area contributed by atoms with E-state index in [9.17, 15) is 14.9 Å². The molecule has 0 bridgehead atoms. The molecule has 0 saturated carbocycles. The Bertz CT molecular complexity index is 491. The van der Waals surface area contributed by atoms with E-state index in [4.69, 9.17) is 16.3 Å². The Labute approximate surface area is 122 Å². The smallest absolute Gasteiger partial charge is 0.311 e. The molecule has 0 aliphatic carbocycles. The first-order valence-electron chi connectivity index (χ1n) is 6.23. The number of rotatable bonds is 7. The van der Waals surface area contributed by atoms with Gasteiger partial charge in [-0.1, -0.05) is 25.4 Å². The van der Waals surface area contributed by atoms with Gasteiger partial charge in [-0.05, 0) is 18.4 Å². The number of nitro groups is 1. The third-order valence-electron chi connectivity index (χ3n) is 2.52. The van der Waals surface area contributed by atoms with Gasteiger partial charge in [0.05, 0.1) is 4.92 Å². The van der Waals surface area contributed by atoms with Gasteiger partial charge < -0.3 is 10.1 Å². The standard InChI is InChI=1S/C13H17ClN2O4/c1-9(2)5-6-15-13(17)8-20-12-7-10(14)3-4-11(12)16(18)19/h3-4,7,9H,5-6,8H2,1-2H3,(H,15,17). The molecule has 0 aromatic heterocycles. The van der Waals surface area contributed by atoms with Crippen LogP contribution < -0.4 is 10.1 Å². The maximum Gasteiger partial charge on any atom is 0.311 e. The first-order valence-corrected chi connectivity index (χ1v) is 6.61. The quantitative estimate of drug-likeness (QED) is 0.620. The lowest BCUT2D eigenvalue weighted by molar-refractivity contribution is -0.385. The average Bonchev–Trinajstić information content (AvgIpc) is 2.35. The predicted octanol–water partition coefficient (Wildman–Crippen LogP) is 2.79. The lowest BCUT2D eigenvalue weighted by atomic mass is 10.1. The van der Waals surface area contributed by atoms with E-state index in [1.54, 1.807) is 0 Å². The summed E-state index contributed by atoms with van der Waals surface area (Å²) in [5, 5.41) is 13.8. The largest absolute Gasteiger partial charge is 0.477 e. The number of hydrogen-bond acceptors (Lipinski definition) is 4. The molecule has 0 fully saturated rings. The van der Waals surface area contributed by atoms with Crippen molar-refractivity contribution in [2.45, 2.75) is 20.3 Å². The fraction of sp³-hybridized carbons (Fsp3) is 0.462. The van der Waals surface area contributed by atoms with Crippen molar-refractivity contribution in [2.75, 3.05) is 13.2 Å². The number of carbonyl (C=O) groups is 1. The van der Waals surface area contributed by atoms with Gasteiger partial charge in [0.1, 0.15) is 0 Å². The van der Waals surface area contributed by atoms with Crippen LogP contribution in [-0.4, -0.2) is 24.0 Å². The molecule has 1 aromatic rings. The molecule has 0 unspecified atom stereocenters. The summed E-state index contributed by atoms with van der Waals surface area (Å²) in [7, 11) is 0. The second-order valence-electron chi connectivity index (χ2n) is 4.69. The van der Waals surface area contributed by atoms with Crippen molar-refractivity contribution in [2.24, 2.45) is 5.92 Å². The molecule has 0 spiro atoms. The SMILES string of the molecule is CC(C)CCNC(=O)COc1cc(Cl)ccc1[N+](=O)[O-]. The van der Waals surface area contributed by atoms with E-state index in [1.165, 1.54) is 18.2 Å². The molecule has 0 saturated heterocycles. The maximum atomic E-state index is 11.5. The van der Waals surface area contributed by atoms with Crippen molar-refractivity contribution in [3.63, 3.8) is 0 Å². The molecule has 20 heavy (non-hydrogen) atoms. The van der Waals surface area contributed by atoms with Gasteiger partial charge in [0.15, 0.2) is 12.4 Å². The molecule has 0 heterocycles. The van der Waals surface area contributed by atoms with Crippen LogP contribution in [0.5, 0.6) is 5.75 Å². The minimum atomic E-state index is -0.581. The summed E-state index contributed by atoms with van der Waals surface area (Å²) >= 11 is 5.75. The van der Waals surface area contributed by atoms with Gasteiger partial charge in [-0.3, -0.25) is 14.9 Å². The zero-order valence-electron chi connectivity index (χ0n) is 11.4. The molecule has 0 aliphatic rings. The summed E-state index contributed by atoms with van der Waals surface area (Å²) < 4.78 is 5.16. The van der Waals surface area contributed by atoms with Gasteiger partial charge in [0, 0.05) is 23.7 Å². The molecule has 0 aliphatic heterocycles. The van der Waals surface area contributed by atoms with Crippen molar-refractivity contribution >= 4 is 23.2 Å². The van der Waals surface area contributed by atoms with Crippen LogP contribution >= 0.6 is 11.6 Å². The highest BCUT2D eigenvalue weighted by Gasteiger charge is 2.16. The first kappa shape index (κ1) is 16.2. The van der Waals surface area contributed by atoms with Gasteiger partial charge in [-0.25, -0.2) is 0 Å². The lowest BCUT2D eigenvalue weighted by Gasteiger charge is -2.09. The number of nitrogens with zero attached hydrogens (tertiary/aromatic N) is 1. The van der Waals surface area contributed by atoms with Crippen LogP contribution in [0.15, 0.2) is 18.2 Å². The predicted molar refractivity (Wildman–Crippen MR) is 76.1 cm³/mol. The van der Waals surface area contributed by atoms with Crippen LogP contribution in [0.4, 0.5) is 5.69 Å². The monoisotopic (exact) mass is 300 g/mol. The summed E-state index contributed by atoms with van der Waals surface area (Å²) in [6.45, 7) is 4.38. The number of nitro benzene ring substituents is 1. The van der Waals surface area contributed by atoms with E-state index in [-0.39, 0.29) is 24.0 Å². The van der Waals surface area contributed by atoms with Gasteiger partial charge in [-0.2, -0.15) is 0 Å². The Morgan fingerprint density at radius 1 is 1.50 bits per heavy atom. The molecule has 1 amide bonds. The molecule has 6 nitrogen and oxygen atoms in total. The van der Waals surface area contributed by atoms with Gasteiger partial charge in [-0.15, -0.1) is 0 Å². The number of halogens is 1. The Hall–Kier alpha value is -1.82. The Kier molecular flexibility index (Phi) is 6.24. The molecule has 7 heteroatoms. The van der Waals surface area contributed by atoms with Gasteiger partial charge in [0.25, 0.3) is 5.91 Å². The lowest BCUT2D eigenvalue weighted by Crippen LogP contribution is -2.30. The molecule has 1 rings (SSSR count). The van der Waals surface area contributed by atoms with Crippen molar-refractivity contribution in [1.82, 2.24) is 5.32 Å². The highest BCUT2D eigenvalue weighted by atomic mass is 35.5. The van der Waals surface area contributed by atoms with E-state index in [1.807, 2.05) is 0 Å². The summed E-state index contributed by atoms with van der Waals surface area (Å²) in [6.07, 6.45) is 0.864. The van der Waals surface area contributed by atoms with E-state index in [0.717, 1.165) is 6.42 Å². The number of hydrogen-bond donors (Lipinski definition) is 1. The van der Waals surface area contributed by atoms with Crippen LogP contribution in [0.2, 0.25) is 5.02 Å². The van der Waals surface area contributed by atoms with Crippen molar-refractivity contribution in [3.05, 3.63) is 33.3 Å². The van der Waals surface area contributed by atoms with Crippen LogP contribution in [-0.2, 0) is 4.79 Å². The van der Waals surface area contributed by atoms with Gasteiger partial charge in [0.2, 0.25) is 0 Å². The number of amides is 1. The Balaban J connectivity index is 2.54. The molecular weight excluding hydrogens is 284 g/mol. The van der Waals surface area contributed by atoms with Crippen LogP contribution in [0.3, 0.4) is 0 Å². The van der Waals surface area contributed by atoms with E-state index < -0.39 is 4.92 Å². The van der Waals surface area contributed by atoms with Crippen LogP contribution in [0, 0.1) is 16.0 Å². The average molecular weight is 301 g/mol. The summed E-state index contributed by atoms with van der Waals surface area (Å²) in [4.78, 5) is 21.8. The molecular formula is C13H17ClN2O4. The fourth-order valence-electron chi connectivity index (χ4n) is 1.45. The normalized spacial score (nSPS) is 10.4. The number of benzene rings is 1. The minimum absolute atomic E-state index is 0.0125. The summed E-state index contributed by atoms with van der Waals surface area (Å²) in [5.41, 5.74) is -0.218. The molecule has 1 aromatic carbocycles. The fourth-order valence-corrected chi connectivity index (χ4v) is 1.61. The molecule has 0 atom stereocenters. The summed E-state index contributed by atoms with van der Waals surface area (Å²) in [5.74, 6) is 0.159.